The molecule has 4 heterocycles. The second-order valence-corrected chi connectivity index (χ2v) is 12.4. The zero-order chi connectivity index (χ0) is 26.4. The van der Waals surface area contributed by atoms with Crippen LogP contribution in [-0.2, 0) is 0 Å². The third-order valence-corrected chi connectivity index (χ3v) is 8.82. The molecule has 38 heavy (non-hydrogen) atoms. The maximum absolute atomic E-state index is 5.34. The van der Waals surface area contributed by atoms with Gasteiger partial charge in [0.2, 0.25) is 0 Å². The van der Waals surface area contributed by atoms with E-state index < -0.39 is 0 Å². The lowest BCUT2D eigenvalue weighted by Gasteiger charge is -2.27. The first-order valence-electron chi connectivity index (χ1n) is 13.0. The van der Waals surface area contributed by atoms with Crippen molar-refractivity contribution >= 4 is 67.1 Å². The lowest BCUT2D eigenvalue weighted by atomic mass is 10.1. The van der Waals surface area contributed by atoms with Gasteiger partial charge < -0.3 is 15.1 Å². The number of hydrogen-bond donors (Lipinski definition) is 1. The van der Waals surface area contributed by atoms with Crippen LogP contribution in [0.15, 0.2) is 70.6 Å². The monoisotopic (exact) mass is 540 g/mol. The summed E-state index contributed by atoms with van der Waals surface area (Å²) in [5, 5.41) is 5.94. The van der Waals surface area contributed by atoms with Crippen LogP contribution in [0.2, 0.25) is 0 Å². The van der Waals surface area contributed by atoms with Crippen molar-refractivity contribution in [2.45, 2.75) is 20.8 Å². The molecule has 0 aliphatic carbocycles. The molecule has 0 fully saturated rings. The SMILES string of the molecule is CCN(CCN(C)C)C1=Nc2ccccc2N(C2=Nc3ccccc3Nc3sc(C)cc32)c2sc(C)cc21. The van der Waals surface area contributed by atoms with E-state index in [1.54, 1.807) is 22.7 Å². The number of nitrogens with zero attached hydrogens (tertiary/aromatic N) is 5. The molecule has 2 aromatic carbocycles. The standard InChI is InChI=1S/C30H32N6S2/c1-6-35(16-15-34(4)5)27-22-18-20(3)38-30(22)36(26-14-10-9-13-25(26)32-27)28-21-17-19(2)37-29(21)33-24-12-8-7-11-23(24)31-28/h7-14,17-18,33H,6,15-16H2,1-5H3. The van der Waals surface area contributed by atoms with Gasteiger partial charge in [0.25, 0.3) is 0 Å². The van der Waals surface area contributed by atoms with Crippen LogP contribution in [-0.4, -0.2) is 55.2 Å². The molecule has 0 saturated carbocycles. The van der Waals surface area contributed by atoms with Gasteiger partial charge in [-0.2, -0.15) is 0 Å². The molecule has 0 atom stereocenters. The quantitative estimate of drug-likeness (QED) is 0.288. The Kier molecular flexibility index (Phi) is 6.55. The zero-order valence-corrected chi connectivity index (χ0v) is 24.1. The average molecular weight is 541 g/mol. The molecule has 0 radical (unpaired) electrons. The first-order chi connectivity index (χ1) is 18.4. The molecule has 0 bridgehead atoms. The third-order valence-electron chi connectivity index (χ3n) is 6.81. The molecule has 1 N–H and O–H groups in total. The highest BCUT2D eigenvalue weighted by atomic mass is 32.1. The van der Waals surface area contributed by atoms with E-state index in [0.717, 1.165) is 75.2 Å². The van der Waals surface area contributed by atoms with Gasteiger partial charge in [0.05, 0.1) is 33.9 Å². The molecule has 194 valence electrons. The van der Waals surface area contributed by atoms with E-state index in [2.05, 4.69) is 116 Å². The maximum atomic E-state index is 5.34. The summed E-state index contributed by atoms with van der Waals surface area (Å²) in [6.07, 6.45) is 0. The van der Waals surface area contributed by atoms with Gasteiger partial charge in [0.15, 0.2) is 0 Å². The largest absolute Gasteiger partial charge is 0.355 e. The predicted octanol–water partition coefficient (Wildman–Crippen LogP) is 7.68. The Hall–Kier alpha value is -3.46. The highest BCUT2D eigenvalue weighted by molar-refractivity contribution is 7.17. The topological polar surface area (TPSA) is 46.5 Å². The third kappa shape index (κ3) is 4.42. The van der Waals surface area contributed by atoms with E-state index >= 15 is 0 Å². The van der Waals surface area contributed by atoms with Crippen LogP contribution < -0.4 is 10.2 Å². The van der Waals surface area contributed by atoms with E-state index in [9.17, 15) is 0 Å². The molecule has 2 aliphatic rings. The summed E-state index contributed by atoms with van der Waals surface area (Å²) < 4.78 is 0. The van der Waals surface area contributed by atoms with Gasteiger partial charge in [0.1, 0.15) is 21.7 Å². The van der Waals surface area contributed by atoms with Crippen molar-refractivity contribution in [3.8, 4) is 0 Å². The van der Waals surface area contributed by atoms with Crippen LogP contribution in [0.4, 0.5) is 32.8 Å². The second-order valence-electron chi connectivity index (χ2n) is 9.90. The molecule has 6 rings (SSSR count). The number of aryl methyl sites for hydroxylation is 2. The fourth-order valence-electron chi connectivity index (χ4n) is 4.96. The molecular weight excluding hydrogens is 509 g/mol. The fourth-order valence-corrected chi connectivity index (χ4v) is 6.90. The van der Waals surface area contributed by atoms with Gasteiger partial charge in [-0.15, -0.1) is 22.7 Å². The molecule has 0 amide bonds. The van der Waals surface area contributed by atoms with Crippen molar-refractivity contribution in [2.75, 3.05) is 43.9 Å². The van der Waals surface area contributed by atoms with Gasteiger partial charge in [0, 0.05) is 29.4 Å². The average Bonchev–Trinajstić information content (AvgIpc) is 3.38. The Morgan fingerprint density at radius 1 is 0.842 bits per heavy atom. The highest BCUT2D eigenvalue weighted by Crippen LogP contribution is 2.48. The Bertz CT molecular complexity index is 1560. The molecule has 0 spiro atoms. The number of fused-ring (bicyclic) bond motifs is 4. The number of hydrogen-bond acceptors (Lipinski definition) is 8. The normalized spacial score (nSPS) is 13.9. The predicted molar refractivity (Wildman–Crippen MR) is 165 cm³/mol. The summed E-state index contributed by atoms with van der Waals surface area (Å²) in [6.45, 7) is 9.31. The number of anilines is 4. The van der Waals surface area contributed by atoms with Gasteiger partial charge >= 0.3 is 0 Å². The Morgan fingerprint density at radius 2 is 1.55 bits per heavy atom. The van der Waals surface area contributed by atoms with E-state index in [-0.39, 0.29) is 0 Å². The number of nitrogens with one attached hydrogen (secondary N) is 1. The number of amidine groups is 2. The van der Waals surface area contributed by atoms with Crippen molar-refractivity contribution in [2.24, 2.45) is 9.98 Å². The van der Waals surface area contributed by atoms with E-state index in [1.165, 1.54) is 9.75 Å². The van der Waals surface area contributed by atoms with Crippen LogP contribution in [0.1, 0.15) is 27.8 Å². The van der Waals surface area contributed by atoms with Crippen LogP contribution in [0.5, 0.6) is 0 Å². The first-order valence-corrected chi connectivity index (χ1v) is 14.6. The van der Waals surface area contributed by atoms with E-state index in [0.29, 0.717) is 0 Å². The van der Waals surface area contributed by atoms with Gasteiger partial charge in [-0.05, 0) is 71.3 Å². The van der Waals surface area contributed by atoms with Crippen molar-refractivity contribution in [3.05, 3.63) is 81.5 Å². The molecule has 0 saturated heterocycles. The molecule has 4 aromatic rings. The Balaban J connectivity index is 1.60. The van der Waals surface area contributed by atoms with E-state index in [4.69, 9.17) is 9.98 Å². The zero-order valence-electron chi connectivity index (χ0n) is 22.4. The fraction of sp³-hybridized carbons (Fsp3) is 0.267. The minimum absolute atomic E-state index is 0.884. The maximum Gasteiger partial charge on any atom is 0.149 e. The molecule has 2 aliphatic heterocycles. The molecule has 0 unspecified atom stereocenters. The van der Waals surface area contributed by atoms with Crippen LogP contribution in [0, 0.1) is 13.8 Å². The summed E-state index contributed by atoms with van der Waals surface area (Å²) in [4.78, 5) is 20.1. The number of thiophene rings is 2. The minimum atomic E-state index is 0.884. The number of aliphatic imine (C=N–C) groups is 2. The molecule has 8 heteroatoms. The van der Waals surface area contributed by atoms with Gasteiger partial charge in [-0.25, -0.2) is 9.98 Å². The smallest absolute Gasteiger partial charge is 0.149 e. The van der Waals surface area contributed by atoms with Crippen LogP contribution >= 0.6 is 22.7 Å². The minimum Gasteiger partial charge on any atom is -0.355 e. The summed E-state index contributed by atoms with van der Waals surface area (Å²) in [7, 11) is 4.24. The van der Waals surface area contributed by atoms with Crippen molar-refractivity contribution in [3.63, 3.8) is 0 Å². The van der Waals surface area contributed by atoms with Gasteiger partial charge in [-0.3, -0.25) is 4.90 Å². The summed E-state index contributed by atoms with van der Waals surface area (Å²) in [5.41, 5.74) is 6.22. The molecular formula is C30H32N6S2. The molecule has 2 aromatic heterocycles. The Labute approximate surface area is 232 Å². The highest BCUT2D eigenvalue weighted by Gasteiger charge is 2.33. The lowest BCUT2D eigenvalue weighted by molar-refractivity contribution is 0.338. The van der Waals surface area contributed by atoms with E-state index in [1.807, 2.05) is 0 Å². The molecule has 6 nitrogen and oxygen atoms in total. The van der Waals surface area contributed by atoms with Crippen molar-refractivity contribution < 1.29 is 0 Å². The summed E-state index contributed by atoms with van der Waals surface area (Å²) in [5.74, 6) is 1.95. The van der Waals surface area contributed by atoms with Crippen LogP contribution in [0.25, 0.3) is 0 Å². The number of para-hydroxylation sites is 4. The van der Waals surface area contributed by atoms with Crippen molar-refractivity contribution in [1.82, 2.24) is 9.80 Å². The second kappa shape index (κ2) is 10.0. The number of benzene rings is 2. The van der Waals surface area contributed by atoms with Crippen LogP contribution in [0.3, 0.4) is 0 Å². The summed E-state index contributed by atoms with van der Waals surface area (Å²) >= 11 is 3.57. The number of likely N-dealkylation sites (N-methyl/N-ethyl adjacent to an activating group) is 2. The summed E-state index contributed by atoms with van der Waals surface area (Å²) in [6, 6.07) is 21.3. The van der Waals surface area contributed by atoms with Crippen molar-refractivity contribution in [1.29, 1.82) is 0 Å². The number of rotatable bonds is 4. The lowest BCUT2D eigenvalue weighted by Crippen LogP contribution is -2.37. The first kappa shape index (κ1) is 24.9. The van der Waals surface area contributed by atoms with Gasteiger partial charge in [-0.1, -0.05) is 24.3 Å². The Morgan fingerprint density at radius 3 is 2.34 bits per heavy atom.